The van der Waals surface area contributed by atoms with E-state index in [4.69, 9.17) is 0 Å². The van der Waals surface area contributed by atoms with E-state index in [9.17, 15) is 47.9 Å². The molecular weight excluding hydrogens is 1100 g/mol. The molecule has 0 bridgehead atoms. The highest BCUT2D eigenvalue weighted by Gasteiger charge is 2.08. The molecule has 0 N–H and O–H groups in total. The van der Waals surface area contributed by atoms with E-state index in [1.54, 1.807) is 103 Å². The molecule has 0 spiro atoms. The molecule has 0 amide bonds. The maximum Gasteiger partial charge on any atom is 0.159 e. The summed E-state index contributed by atoms with van der Waals surface area (Å²) in [5.41, 5.74) is 17.6. The third-order valence-corrected chi connectivity index (χ3v) is 13.9. The summed E-state index contributed by atoms with van der Waals surface area (Å²) >= 11 is 0. The molecule has 10 rings (SSSR count). The van der Waals surface area contributed by atoms with Crippen LogP contribution in [0.5, 0.6) is 0 Å². The zero-order valence-electron chi connectivity index (χ0n) is 50.1. The highest BCUT2D eigenvalue weighted by Crippen LogP contribution is 2.25. The second-order valence-electron chi connectivity index (χ2n) is 20.6. The van der Waals surface area contributed by atoms with Gasteiger partial charge in [-0.05, 0) is 116 Å². The van der Waals surface area contributed by atoms with Gasteiger partial charge in [0.15, 0.2) is 34.7 Å². The first-order valence-electron chi connectivity index (χ1n) is 28.2. The minimum atomic E-state index is 0.0530. The molecule has 0 aliphatic rings. The molecule has 10 aromatic carbocycles. The molecule has 0 saturated heterocycles. The zero-order chi connectivity index (χ0) is 63.7. The molecule has 0 atom stereocenters. The van der Waals surface area contributed by atoms with Gasteiger partial charge in [-0.25, -0.2) is 0 Å². The number of ketones is 7. The Labute approximate surface area is 513 Å². The summed E-state index contributed by atoms with van der Waals surface area (Å²) in [5.74, 6) is 0.525. The SMILES string of the molecule is CC(=O)Cc1ccc(-c2ccc(C=O)cc2)cc1.CC(=O)c1ccc(-c2ccc(C(C)=O)cc2)cc1.CC(=O)c1ccc(-c2ccc(C=O)cc2)cc1.CC(=O)c1ccc(-c2ccc(C=O)cc2)cc1.CC(=O)c1ccc(-c2cccc(C(C)=O)c2)cc1. The Hall–Kier alpha value is -11.1. The monoisotopic (exact) mass is 1160 g/mol. The summed E-state index contributed by atoms with van der Waals surface area (Å²) in [6.45, 7) is 10.9. The van der Waals surface area contributed by atoms with Crippen molar-refractivity contribution < 1.29 is 47.9 Å². The van der Waals surface area contributed by atoms with Gasteiger partial charge < -0.3 is 0 Å². The van der Waals surface area contributed by atoms with Gasteiger partial charge in [-0.15, -0.1) is 0 Å². The molecule has 0 heterocycles. The van der Waals surface area contributed by atoms with Gasteiger partial charge in [0.2, 0.25) is 0 Å². The molecule has 0 fully saturated rings. The van der Waals surface area contributed by atoms with E-state index in [0.717, 1.165) is 80.1 Å². The maximum atomic E-state index is 11.3. The molecule has 438 valence electrons. The average molecular weight is 1160 g/mol. The number of aldehydes is 3. The lowest BCUT2D eigenvalue weighted by Crippen LogP contribution is -1.95. The van der Waals surface area contributed by atoms with Crippen LogP contribution < -0.4 is 0 Å². The first-order valence-corrected chi connectivity index (χ1v) is 28.2. The van der Waals surface area contributed by atoms with E-state index in [1.807, 2.05) is 188 Å². The first kappa shape index (κ1) is 66.0. The van der Waals surface area contributed by atoms with Crippen molar-refractivity contribution in [1.29, 1.82) is 0 Å². The van der Waals surface area contributed by atoms with Gasteiger partial charge in [0.25, 0.3) is 0 Å². The second-order valence-corrected chi connectivity index (χ2v) is 20.6. The summed E-state index contributed by atoms with van der Waals surface area (Å²) in [4.78, 5) is 110. The lowest BCUT2D eigenvalue weighted by atomic mass is 10.00. The number of carbonyl (C=O) groups is 10. The molecule has 0 aromatic heterocycles. The number of Topliss-reactive ketones (excluding diaryl/α,β-unsaturated/α-hetero) is 7. The van der Waals surface area contributed by atoms with Crippen LogP contribution in [-0.2, 0) is 11.2 Å². The van der Waals surface area contributed by atoms with Crippen LogP contribution in [0.15, 0.2) is 243 Å². The lowest BCUT2D eigenvalue weighted by molar-refractivity contribution is -0.116. The largest absolute Gasteiger partial charge is 0.300 e. The van der Waals surface area contributed by atoms with Gasteiger partial charge in [0.1, 0.15) is 24.6 Å². The van der Waals surface area contributed by atoms with Crippen molar-refractivity contribution in [2.24, 2.45) is 0 Å². The molecular formula is C78H66O10. The van der Waals surface area contributed by atoms with Gasteiger partial charge in [-0.3, -0.25) is 47.9 Å². The molecule has 0 aliphatic carbocycles. The molecule has 10 heteroatoms. The van der Waals surface area contributed by atoms with E-state index >= 15 is 0 Å². The summed E-state index contributed by atoms with van der Waals surface area (Å²) in [6.07, 6.45) is 2.95. The zero-order valence-corrected chi connectivity index (χ0v) is 50.1. The molecule has 10 aromatic rings. The number of carbonyl (C=O) groups excluding carboxylic acids is 10. The quantitative estimate of drug-likeness (QED) is 0.0670. The Balaban J connectivity index is 0.000000176. The number of benzene rings is 10. The summed E-state index contributed by atoms with van der Waals surface area (Å²) < 4.78 is 0. The van der Waals surface area contributed by atoms with Crippen molar-refractivity contribution in [3.63, 3.8) is 0 Å². The Morgan fingerprint density at radius 2 is 0.443 bits per heavy atom. The fourth-order valence-electron chi connectivity index (χ4n) is 8.77. The van der Waals surface area contributed by atoms with Crippen molar-refractivity contribution in [3.05, 3.63) is 298 Å². The molecule has 0 saturated carbocycles. The van der Waals surface area contributed by atoms with Gasteiger partial charge >= 0.3 is 0 Å². The van der Waals surface area contributed by atoms with Gasteiger partial charge in [0, 0.05) is 56.5 Å². The van der Waals surface area contributed by atoms with E-state index in [2.05, 4.69) is 0 Å². The second kappa shape index (κ2) is 32.8. The fraction of sp³-hybridized carbons (Fsp3) is 0.103. The standard InChI is InChI=1S/3C16H14O2.2C15H12O2/c1-11(17)13-3-7-15(8-4-13)16-9-5-14(6-10-16)12(2)18;1-12(18)10-13-2-6-15(7-3-13)16-8-4-14(11-17)5-9-16;1-11(17)13-6-8-14(9-7-13)16-5-3-4-15(10-16)12(2)18;2*1-11(17)13-6-8-15(9-7-13)14-4-2-12(10-16)3-5-14/h3-10H,1-2H3;2-9,11H,10H2,1H3;3-10H,1-2H3;2*2-10H,1H3. The number of hydrogen-bond donors (Lipinski definition) is 0. The van der Waals surface area contributed by atoms with E-state index < -0.39 is 0 Å². The van der Waals surface area contributed by atoms with E-state index in [-0.39, 0.29) is 40.5 Å². The smallest absolute Gasteiger partial charge is 0.159 e. The minimum absolute atomic E-state index is 0.0530. The van der Waals surface area contributed by atoms with Gasteiger partial charge in [0.05, 0.1) is 0 Å². The van der Waals surface area contributed by atoms with E-state index in [1.165, 1.54) is 0 Å². The normalized spacial score (nSPS) is 10.0. The Bertz CT molecular complexity index is 3890. The van der Waals surface area contributed by atoms with Crippen molar-refractivity contribution in [1.82, 2.24) is 0 Å². The van der Waals surface area contributed by atoms with Crippen molar-refractivity contribution >= 4 is 59.3 Å². The average Bonchev–Trinajstić information content (AvgIpc) is 3.69. The van der Waals surface area contributed by atoms with Crippen LogP contribution in [0.2, 0.25) is 0 Å². The predicted molar refractivity (Wildman–Crippen MR) is 350 cm³/mol. The summed E-state index contributed by atoms with van der Waals surface area (Å²) in [6, 6.07) is 74.7. The van der Waals surface area contributed by atoms with E-state index in [0.29, 0.717) is 56.5 Å². The van der Waals surface area contributed by atoms with Crippen molar-refractivity contribution in [2.45, 2.75) is 54.9 Å². The first-order chi connectivity index (χ1) is 42.2. The molecule has 10 nitrogen and oxygen atoms in total. The van der Waals surface area contributed by atoms with Crippen LogP contribution in [-0.4, -0.2) is 59.3 Å². The third kappa shape index (κ3) is 20.0. The Morgan fingerprint density at radius 3 is 0.648 bits per heavy atom. The van der Waals surface area contributed by atoms with Crippen LogP contribution in [0.25, 0.3) is 55.6 Å². The van der Waals surface area contributed by atoms with Crippen LogP contribution in [0.1, 0.15) is 147 Å². The summed E-state index contributed by atoms with van der Waals surface area (Å²) in [5, 5.41) is 0. The minimum Gasteiger partial charge on any atom is -0.300 e. The molecule has 88 heavy (non-hydrogen) atoms. The van der Waals surface area contributed by atoms with Crippen molar-refractivity contribution in [2.75, 3.05) is 0 Å². The fourth-order valence-corrected chi connectivity index (χ4v) is 8.77. The highest BCUT2D eigenvalue weighted by molar-refractivity contribution is 5.98. The van der Waals surface area contributed by atoms with Crippen LogP contribution >= 0.6 is 0 Å². The number of hydrogen-bond acceptors (Lipinski definition) is 10. The predicted octanol–water partition coefficient (Wildman–Crippen LogP) is 17.6. The Kier molecular flexibility index (Phi) is 24.6. The van der Waals surface area contributed by atoms with Crippen molar-refractivity contribution in [3.8, 4) is 55.6 Å². The molecule has 0 radical (unpaired) electrons. The topological polar surface area (TPSA) is 171 Å². The third-order valence-electron chi connectivity index (χ3n) is 13.9. The molecule has 0 unspecified atom stereocenters. The van der Waals surface area contributed by atoms with Crippen LogP contribution in [0.3, 0.4) is 0 Å². The van der Waals surface area contributed by atoms with Gasteiger partial charge in [-0.1, -0.05) is 237 Å². The lowest BCUT2D eigenvalue weighted by Gasteiger charge is -2.04. The molecule has 0 aliphatic heterocycles. The van der Waals surface area contributed by atoms with Crippen LogP contribution in [0.4, 0.5) is 0 Å². The summed E-state index contributed by atoms with van der Waals surface area (Å²) in [7, 11) is 0. The van der Waals surface area contributed by atoms with Gasteiger partial charge in [-0.2, -0.15) is 0 Å². The highest BCUT2D eigenvalue weighted by atomic mass is 16.2. The Morgan fingerprint density at radius 1 is 0.239 bits per heavy atom. The van der Waals surface area contributed by atoms with Crippen LogP contribution in [0, 0.1) is 0 Å². The maximum absolute atomic E-state index is 11.3. The number of rotatable bonds is 16.